The van der Waals surface area contributed by atoms with E-state index in [-0.39, 0.29) is 82.5 Å². The van der Waals surface area contributed by atoms with Crippen molar-refractivity contribution in [3.05, 3.63) is 0 Å². The molecule has 60 heavy (non-hydrogen) atoms. The summed E-state index contributed by atoms with van der Waals surface area (Å²) in [6.45, 7) is 24.4. The molecule has 0 bridgehead atoms. The zero-order valence-corrected chi connectivity index (χ0v) is 38.6. The normalized spacial score (nSPS) is 31.3. The number of rotatable bonds is 19. The first-order valence-corrected chi connectivity index (χ1v) is 21.9. The van der Waals surface area contributed by atoms with Gasteiger partial charge >= 0.3 is 18.2 Å². The Hall–Kier alpha value is -3.85. The molecular weight excluding hydrogens is 767 g/mol. The summed E-state index contributed by atoms with van der Waals surface area (Å²) in [7, 11) is 0. The highest BCUT2D eigenvalue weighted by atomic mass is 16.6. The molecule has 3 aliphatic rings. The van der Waals surface area contributed by atoms with Crippen LogP contribution in [0.3, 0.4) is 0 Å². The molecule has 0 heterocycles. The Morgan fingerprint density at radius 3 is 1.77 bits per heavy atom. The van der Waals surface area contributed by atoms with Gasteiger partial charge < -0.3 is 24.8 Å². The molecule has 8 unspecified atom stereocenters. The van der Waals surface area contributed by atoms with E-state index in [1.165, 1.54) is 0 Å². The summed E-state index contributed by atoms with van der Waals surface area (Å²) in [6, 6.07) is -0.222. The first-order valence-electron chi connectivity index (χ1n) is 21.9. The summed E-state index contributed by atoms with van der Waals surface area (Å²) in [5.74, 6) is 0.175. The van der Waals surface area contributed by atoms with Crippen LogP contribution in [0.25, 0.3) is 0 Å². The molecule has 0 radical (unpaired) electrons. The van der Waals surface area contributed by atoms with Gasteiger partial charge in [0.2, 0.25) is 18.2 Å². The van der Waals surface area contributed by atoms with Crippen molar-refractivity contribution in [3.63, 3.8) is 0 Å². The third kappa shape index (κ3) is 15.6. The van der Waals surface area contributed by atoms with Crippen molar-refractivity contribution in [3.8, 4) is 0 Å². The molecule has 3 saturated carbocycles. The third-order valence-electron chi connectivity index (χ3n) is 13.9. The van der Waals surface area contributed by atoms with Crippen molar-refractivity contribution in [2.24, 2.45) is 70.6 Å². The van der Waals surface area contributed by atoms with Crippen LogP contribution in [-0.2, 0) is 33.4 Å². The van der Waals surface area contributed by atoms with E-state index in [0.717, 1.165) is 38.5 Å². The average molecular weight is 842 g/mol. The van der Waals surface area contributed by atoms with Crippen molar-refractivity contribution < 1.29 is 43.0 Å². The molecule has 14 heteroatoms. The van der Waals surface area contributed by atoms with E-state index in [4.69, 9.17) is 14.2 Å². The summed E-state index contributed by atoms with van der Waals surface area (Å²) >= 11 is 0. The molecule has 0 aromatic carbocycles. The molecule has 0 aliphatic heterocycles. The van der Waals surface area contributed by atoms with E-state index in [2.05, 4.69) is 94.8 Å². The van der Waals surface area contributed by atoms with Crippen LogP contribution in [0.5, 0.6) is 0 Å². The van der Waals surface area contributed by atoms with Crippen molar-refractivity contribution in [1.29, 1.82) is 0 Å². The van der Waals surface area contributed by atoms with Crippen LogP contribution in [0, 0.1) is 55.7 Å². The van der Waals surface area contributed by atoms with Gasteiger partial charge in [0.05, 0.1) is 25.0 Å². The van der Waals surface area contributed by atoms with Gasteiger partial charge in [-0.3, -0.25) is 4.79 Å². The minimum Gasteiger partial charge on any atom is -0.465 e. The number of hydrogen-bond donors (Lipinski definition) is 2. The number of esters is 1. The van der Waals surface area contributed by atoms with Crippen LogP contribution in [-0.4, -0.2) is 88.4 Å². The number of carbonyl (C=O) groups is 3. The molecule has 338 valence electrons. The largest absolute Gasteiger partial charge is 0.465 e. The van der Waals surface area contributed by atoms with Gasteiger partial charge in [0.1, 0.15) is 19.8 Å². The number of nitrogens with zero attached hydrogens (tertiary/aromatic N) is 3. The quantitative estimate of drug-likeness (QED) is 0.0554. The highest BCUT2D eigenvalue weighted by molar-refractivity contribution is 5.69. The zero-order valence-electron chi connectivity index (χ0n) is 38.6. The minimum absolute atomic E-state index is 0.00787. The van der Waals surface area contributed by atoms with Crippen molar-refractivity contribution in [2.45, 2.75) is 153 Å². The van der Waals surface area contributed by atoms with Crippen LogP contribution in [0.15, 0.2) is 15.0 Å². The van der Waals surface area contributed by atoms with Crippen molar-refractivity contribution in [2.75, 3.05) is 46.0 Å². The Bertz CT molecular complexity index is 1650. The molecule has 0 aromatic heterocycles. The number of nitrogens with one attached hydrogen (secondary N) is 2. The number of isocyanates is 3. The van der Waals surface area contributed by atoms with Gasteiger partial charge in [-0.2, -0.15) is 0 Å². The first kappa shape index (κ1) is 50.5. The molecule has 0 saturated heterocycles. The molecule has 14 nitrogen and oxygen atoms in total. The molecule has 8 atom stereocenters. The summed E-state index contributed by atoms with van der Waals surface area (Å²) in [4.78, 5) is 84.6. The second-order valence-corrected chi connectivity index (χ2v) is 22.4. The molecule has 0 aromatic rings. The molecule has 3 aliphatic carbocycles. The van der Waals surface area contributed by atoms with Gasteiger partial charge in [-0.1, -0.05) is 76.2 Å². The predicted molar refractivity (Wildman–Crippen MR) is 228 cm³/mol. The summed E-state index contributed by atoms with van der Waals surface area (Å²) < 4.78 is 17.6. The highest BCUT2D eigenvalue weighted by Crippen LogP contribution is 2.54. The molecule has 3 rings (SSSR count). The minimum atomic E-state index is -1.03. The number of amides is 2. The van der Waals surface area contributed by atoms with Crippen LogP contribution >= 0.6 is 0 Å². The number of carbonyl (C=O) groups excluding carboxylic acids is 6. The Morgan fingerprint density at radius 2 is 1.18 bits per heavy atom. The Kier molecular flexibility index (Phi) is 17.5. The van der Waals surface area contributed by atoms with Gasteiger partial charge in [-0.25, -0.2) is 38.9 Å². The Labute approximate surface area is 358 Å². The lowest BCUT2D eigenvalue weighted by Crippen LogP contribution is -2.49. The van der Waals surface area contributed by atoms with E-state index in [1.807, 2.05) is 6.92 Å². The maximum absolute atomic E-state index is 13.4. The topological polar surface area (TPSA) is 191 Å². The average Bonchev–Trinajstić information content (AvgIpc) is 3.13. The van der Waals surface area contributed by atoms with Gasteiger partial charge in [0.25, 0.3) is 0 Å². The standard InChI is InChI=1S/C46H75N5O9/c1-12-46(29-60-39(57)51-36-18-42(7,8)22-44(10,19-36)25-48-31-53,28-59-38(56)50-20-34-15-40(3,4)21-43(9,16-34)24-47-30-52)27-58-37(55)14-13-35-17-41(5,6)23-45(11,33(35)2)26-49-32-54/h33-36H,12-29H2,1-11H3,(H,50,56)(H,51,57). The lowest BCUT2D eigenvalue weighted by Gasteiger charge is -2.51. The number of hydrogen-bond acceptors (Lipinski definition) is 12. The SMILES string of the molecule is CCC(COC(=O)CCC1CC(C)(C)CC(C)(CN=C=O)C1C)(COC(=O)NCC1CC(C)(C)CC(C)(CN=C=O)C1)COC(=O)NC1CC(C)(C)CC(C)(CN=C=O)C1. The van der Waals surface area contributed by atoms with Crippen LogP contribution in [0.2, 0.25) is 0 Å². The summed E-state index contributed by atoms with van der Waals surface area (Å²) in [6.07, 6.45) is 11.5. The molecular formula is C46H75N5O9. The molecule has 3 fully saturated rings. The summed E-state index contributed by atoms with van der Waals surface area (Å²) in [5.41, 5.74) is -1.85. The van der Waals surface area contributed by atoms with E-state index >= 15 is 0 Å². The van der Waals surface area contributed by atoms with E-state index in [1.54, 1.807) is 18.2 Å². The predicted octanol–water partition coefficient (Wildman–Crippen LogP) is 8.66. The van der Waals surface area contributed by atoms with E-state index in [9.17, 15) is 28.8 Å². The summed E-state index contributed by atoms with van der Waals surface area (Å²) in [5, 5.41) is 5.94. The van der Waals surface area contributed by atoms with E-state index in [0.29, 0.717) is 51.9 Å². The van der Waals surface area contributed by atoms with E-state index < -0.39 is 23.6 Å². The fraction of sp³-hybridized carbons (Fsp3) is 0.870. The van der Waals surface area contributed by atoms with Crippen LogP contribution in [0.4, 0.5) is 9.59 Å². The number of alkyl carbamates (subject to hydrolysis) is 2. The zero-order chi connectivity index (χ0) is 45.0. The van der Waals surface area contributed by atoms with Crippen LogP contribution < -0.4 is 10.6 Å². The second-order valence-electron chi connectivity index (χ2n) is 22.4. The maximum Gasteiger partial charge on any atom is 0.407 e. The van der Waals surface area contributed by atoms with Crippen molar-refractivity contribution >= 4 is 36.4 Å². The van der Waals surface area contributed by atoms with Gasteiger partial charge in [-0.15, -0.1) is 0 Å². The van der Waals surface area contributed by atoms with Gasteiger partial charge in [0, 0.05) is 19.0 Å². The molecule has 0 spiro atoms. The lowest BCUT2D eigenvalue weighted by molar-refractivity contribution is -0.150. The highest BCUT2D eigenvalue weighted by Gasteiger charge is 2.47. The van der Waals surface area contributed by atoms with Gasteiger partial charge in [-0.05, 0) is 114 Å². The van der Waals surface area contributed by atoms with Gasteiger partial charge in [0.15, 0.2) is 0 Å². The van der Waals surface area contributed by atoms with Crippen LogP contribution in [0.1, 0.15) is 147 Å². The third-order valence-corrected chi connectivity index (χ3v) is 13.9. The van der Waals surface area contributed by atoms with Crippen molar-refractivity contribution in [1.82, 2.24) is 10.6 Å². The first-order chi connectivity index (χ1) is 27.8. The maximum atomic E-state index is 13.4. The Morgan fingerprint density at radius 1 is 0.667 bits per heavy atom. The smallest absolute Gasteiger partial charge is 0.407 e. The number of ether oxygens (including phenoxy) is 3. The lowest BCUT2D eigenvalue weighted by atomic mass is 9.55. The molecule has 2 N–H and O–H groups in total. The number of aliphatic imine (C=N–C) groups is 3. The fourth-order valence-electron chi connectivity index (χ4n) is 11.9. The second kappa shape index (κ2) is 20.8. The Balaban J connectivity index is 1.71. The fourth-order valence-corrected chi connectivity index (χ4v) is 11.9. The molecule has 2 amide bonds. The monoisotopic (exact) mass is 842 g/mol.